The topological polar surface area (TPSA) is 75.6 Å². The van der Waals surface area contributed by atoms with Crippen LogP contribution >= 0.6 is 11.6 Å². The Hall–Kier alpha value is -1.75. The van der Waals surface area contributed by atoms with Crippen LogP contribution in [0.5, 0.6) is 5.75 Å². The first-order chi connectivity index (χ1) is 10.0. The maximum absolute atomic E-state index is 11.7. The number of anilines is 1. The lowest BCUT2D eigenvalue weighted by Crippen LogP contribution is -2.20. The quantitative estimate of drug-likeness (QED) is 0.810. The second kappa shape index (κ2) is 7.31. The van der Waals surface area contributed by atoms with Crippen LogP contribution in [-0.4, -0.2) is 23.6 Å². The van der Waals surface area contributed by atoms with Gasteiger partial charge in [-0.05, 0) is 37.0 Å². The van der Waals surface area contributed by atoms with Crippen LogP contribution in [0.2, 0.25) is 5.02 Å². The van der Waals surface area contributed by atoms with Gasteiger partial charge in [0.15, 0.2) is 0 Å². The van der Waals surface area contributed by atoms with Gasteiger partial charge in [-0.1, -0.05) is 18.0 Å². The number of rotatable bonds is 7. The number of nitrogens with one attached hydrogen (secondary N) is 1. The average molecular weight is 312 g/mol. The molecule has 5 nitrogen and oxygen atoms in total. The number of hydrogen-bond acceptors (Lipinski definition) is 3. The minimum atomic E-state index is -1.00. The van der Waals surface area contributed by atoms with Gasteiger partial charge in [-0.25, -0.2) is 0 Å². The molecule has 0 bridgehead atoms. The summed E-state index contributed by atoms with van der Waals surface area (Å²) >= 11 is 5.93. The van der Waals surface area contributed by atoms with Crippen molar-refractivity contribution in [2.75, 3.05) is 11.9 Å². The Kier molecular flexibility index (Phi) is 5.44. The molecule has 1 aliphatic carbocycles. The number of hydrogen-bond donors (Lipinski definition) is 2. The van der Waals surface area contributed by atoms with E-state index in [-0.39, 0.29) is 18.7 Å². The van der Waals surface area contributed by atoms with Gasteiger partial charge in [0.25, 0.3) is 0 Å². The smallest absolute Gasteiger partial charge is 0.303 e. The third-order valence-corrected chi connectivity index (χ3v) is 3.72. The van der Waals surface area contributed by atoms with Gasteiger partial charge in [-0.2, -0.15) is 0 Å². The van der Waals surface area contributed by atoms with Crippen molar-refractivity contribution < 1.29 is 19.4 Å². The summed E-state index contributed by atoms with van der Waals surface area (Å²) in [7, 11) is 0. The van der Waals surface area contributed by atoms with Gasteiger partial charge in [0, 0.05) is 11.4 Å². The van der Waals surface area contributed by atoms with Gasteiger partial charge >= 0.3 is 5.97 Å². The zero-order valence-corrected chi connectivity index (χ0v) is 12.4. The van der Waals surface area contributed by atoms with Gasteiger partial charge in [0.2, 0.25) is 5.91 Å². The standard InChI is InChI=1S/C15H18ClNO4/c16-11-4-5-13(21-9-10-2-1-3-10)12(8-11)17-14(18)6-7-15(19)20/h4-5,8,10H,1-3,6-7,9H2,(H,17,18)(H,19,20). The van der Waals surface area contributed by atoms with E-state index >= 15 is 0 Å². The summed E-state index contributed by atoms with van der Waals surface area (Å²) < 4.78 is 5.73. The highest BCUT2D eigenvalue weighted by atomic mass is 35.5. The van der Waals surface area contributed by atoms with Gasteiger partial charge in [-0.15, -0.1) is 0 Å². The Morgan fingerprint density at radius 3 is 2.71 bits per heavy atom. The van der Waals surface area contributed by atoms with E-state index in [4.69, 9.17) is 21.4 Å². The summed E-state index contributed by atoms with van der Waals surface area (Å²) in [5.41, 5.74) is 0.484. The van der Waals surface area contributed by atoms with Crippen molar-refractivity contribution >= 4 is 29.2 Å². The molecule has 0 unspecified atom stereocenters. The maximum Gasteiger partial charge on any atom is 0.303 e. The second-order valence-corrected chi connectivity index (χ2v) is 5.63. The van der Waals surface area contributed by atoms with E-state index in [2.05, 4.69) is 5.32 Å². The third-order valence-electron chi connectivity index (χ3n) is 3.48. The summed E-state index contributed by atoms with van der Waals surface area (Å²) in [6.07, 6.45) is 3.31. The van der Waals surface area contributed by atoms with Crippen molar-refractivity contribution in [3.63, 3.8) is 0 Å². The molecule has 1 fully saturated rings. The lowest BCUT2D eigenvalue weighted by molar-refractivity contribution is -0.138. The van der Waals surface area contributed by atoms with Crippen LogP contribution in [-0.2, 0) is 9.59 Å². The fourth-order valence-electron chi connectivity index (χ4n) is 2.03. The first-order valence-electron chi connectivity index (χ1n) is 6.98. The Morgan fingerprint density at radius 2 is 2.10 bits per heavy atom. The minimum absolute atomic E-state index is 0.0795. The Bertz CT molecular complexity index is 528. The fraction of sp³-hybridized carbons (Fsp3) is 0.467. The van der Waals surface area contributed by atoms with Crippen LogP contribution in [0.4, 0.5) is 5.69 Å². The number of ether oxygens (including phenoxy) is 1. The molecule has 1 aliphatic rings. The van der Waals surface area contributed by atoms with Crippen LogP contribution in [0.3, 0.4) is 0 Å². The molecule has 0 spiro atoms. The predicted octanol–water partition coefficient (Wildman–Crippen LogP) is 3.32. The highest BCUT2D eigenvalue weighted by molar-refractivity contribution is 6.31. The van der Waals surface area contributed by atoms with E-state index in [0.717, 1.165) is 0 Å². The molecule has 0 atom stereocenters. The lowest BCUT2D eigenvalue weighted by Gasteiger charge is -2.25. The molecule has 1 amide bonds. The number of halogens is 1. The maximum atomic E-state index is 11.7. The van der Waals surface area contributed by atoms with Crippen molar-refractivity contribution in [2.45, 2.75) is 32.1 Å². The number of carboxylic acids is 1. The summed E-state index contributed by atoms with van der Waals surface area (Å²) in [4.78, 5) is 22.2. The summed E-state index contributed by atoms with van der Waals surface area (Å²) in [5.74, 6) is -0.225. The number of carbonyl (C=O) groups is 2. The molecule has 1 aromatic rings. The Balaban J connectivity index is 1.96. The third kappa shape index (κ3) is 4.93. The van der Waals surface area contributed by atoms with Crippen molar-refractivity contribution in [1.29, 1.82) is 0 Å². The van der Waals surface area contributed by atoms with Crippen LogP contribution in [0.1, 0.15) is 32.1 Å². The molecule has 1 saturated carbocycles. The highest BCUT2D eigenvalue weighted by Crippen LogP contribution is 2.31. The molecule has 0 heterocycles. The number of benzene rings is 1. The zero-order chi connectivity index (χ0) is 15.2. The van der Waals surface area contributed by atoms with Crippen LogP contribution < -0.4 is 10.1 Å². The van der Waals surface area contributed by atoms with Gasteiger partial charge in [-0.3, -0.25) is 9.59 Å². The van der Waals surface area contributed by atoms with Crippen LogP contribution in [0.15, 0.2) is 18.2 Å². The van der Waals surface area contributed by atoms with E-state index in [0.29, 0.717) is 29.0 Å². The number of carbonyl (C=O) groups excluding carboxylic acids is 1. The predicted molar refractivity (Wildman–Crippen MR) is 79.8 cm³/mol. The molecule has 6 heteroatoms. The van der Waals surface area contributed by atoms with Crippen molar-refractivity contribution in [1.82, 2.24) is 0 Å². The Morgan fingerprint density at radius 1 is 1.33 bits per heavy atom. The normalized spacial score (nSPS) is 14.3. The van der Waals surface area contributed by atoms with Gasteiger partial charge in [0.05, 0.1) is 18.7 Å². The first-order valence-corrected chi connectivity index (χ1v) is 7.36. The average Bonchev–Trinajstić information content (AvgIpc) is 2.37. The van der Waals surface area contributed by atoms with Gasteiger partial charge < -0.3 is 15.2 Å². The molecular weight excluding hydrogens is 294 g/mol. The fourth-order valence-corrected chi connectivity index (χ4v) is 2.20. The van der Waals surface area contributed by atoms with E-state index in [1.165, 1.54) is 19.3 Å². The van der Waals surface area contributed by atoms with E-state index in [1.54, 1.807) is 18.2 Å². The van der Waals surface area contributed by atoms with Crippen molar-refractivity contribution in [2.24, 2.45) is 5.92 Å². The molecular formula is C15H18ClNO4. The Labute approximate surface area is 128 Å². The van der Waals surface area contributed by atoms with Crippen LogP contribution in [0, 0.1) is 5.92 Å². The second-order valence-electron chi connectivity index (χ2n) is 5.19. The summed E-state index contributed by atoms with van der Waals surface area (Å²) in [5, 5.41) is 11.7. The first kappa shape index (κ1) is 15.6. The molecule has 0 saturated heterocycles. The zero-order valence-electron chi connectivity index (χ0n) is 11.6. The van der Waals surface area contributed by atoms with Crippen LogP contribution in [0.25, 0.3) is 0 Å². The SMILES string of the molecule is O=C(O)CCC(=O)Nc1cc(Cl)ccc1OCC1CCC1. The molecule has 2 rings (SSSR count). The molecule has 21 heavy (non-hydrogen) atoms. The number of carboxylic acid groups (broad SMARTS) is 1. The number of amides is 1. The molecule has 2 N–H and O–H groups in total. The molecule has 0 radical (unpaired) electrons. The lowest BCUT2D eigenvalue weighted by atomic mass is 9.86. The molecule has 0 aromatic heterocycles. The van der Waals surface area contributed by atoms with Gasteiger partial charge in [0.1, 0.15) is 5.75 Å². The highest BCUT2D eigenvalue weighted by Gasteiger charge is 2.19. The largest absolute Gasteiger partial charge is 0.491 e. The molecule has 1 aromatic carbocycles. The monoisotopic (exact) mass is 311 g/mol. The van der Waals surface area contributed by atoms with Crippen molar-refractivity contribution in [3.8, 4) is 5.75 Å². The van der Waals surface area contributed by atoms with E-state index in [9.17, 15) is 9.59 Å². The van der Waals surface area contributed by atoms with E-state index < -0.39 is 5.97 Å². The van der Waals surface area contributed by atoms with Crippen molar-refractivity contribution in [3.05, 3.63) is 23.2 Å². The van der Waals surface area contributed by atoms with E-state index in [1.807, 2.05) is 0 Å². The molecule has 0 aliphatic heterocycles. The summed E-state index contributed by atoms with van der Waals surface area (Å²) in [6.45, 7) is 0.625. The summed E-state index contributed by atoms with van der Waals surface area (Å²) in [6, 6.07) is 5.02. The molecule has 114 valence electrons. The number of aliphatic carboxylic acids is 1. The minimum Gasteiger partial charge on any atom is -0.491 e.